The summed E-state index contributed by atoms with van der Waals surface area (Å²) in [7, 11) is 0. The van der Waals surface area contributed by atoms with Gasteiger partial charge in [0.05, 0.1) is 23.6 Å². The molecule has 0 saturated carbocycles. The Hall–Kier alpha value is -3.09. The minimum absolute atomic E-state index is 0.0127. The van der Waals surface area contributed by atoms with E-state index in [9.17, 15) is 22.8 Å². The number of rotatable bonds is 9. The van der Waals surface area contributed by atoms with Crippen LogP contribution in [-0.2, 0) is 22.1 Å². The summed E-state index contributed by atoms with van der Waals surface area (Å²) in [6, 6.07) is 12.2. The maximum Gasteiger partial charge on any atom is 0.416 e. The second-order valence-corrected chi connectivity index (χ2v) is 10.5. The fourth-order valence-electron chi connectivity index (χ4n) is 3.96. The first kappa shape index (κ1) is 25.6. The molecule has 1 amide bonds. The molecule has 0 aliphatic carbocycles. The van der Waals surface area contributed by atoms with Crippen LogP contribution in [0.5, 0.6) is 5.75 Å². The van der Waals surface area contributed by atoms with Gasteiger partial charge < -0.3 is 19.5 Å². The molecule has 2 fully saturated rings. The Balaban J connectivity index is 1.24. The van der Waals surface area contributed by atoms with Gasteiger partial charge in [-0.3, -0.25) is 4.79 Å². The van der Waals surface area contributed by atoms with E-state index in [1.165, 1.54) is 40.1 Å². The van der Waals surface area contributed by atoms with E-state index in [2.05, 4.69) is 10.3 Å². The van der Waals surface area contributed by atoms with Crippen molar-refractivity contribution in [1.82, 2.24) is 10.3 Å². The number of esters is 1. The number of nitrogens with zero attached hydrogens (tertiary/aromatic N) is 1. The van der Waals surface area contributed by atoms with Crippen LogP contribution in [0, 0.1) is 0 Å². The molecule has 4 unspecified atom stereocenters. The number of ether oxygens (including phenoxy) is 3. The summed E-state index contributed by atoms with van der Waals surface area (Å²) in [4.78, 5) is 27.9. The number of halogens is 3. The van der Waals surface area contributed by atoms with Crippen molar-refractivity contribution in [2.45, 2.75) is 36.1 Å². The summed E-state index contributed by atoms with van der Waals surface area (Å²) in [5.74, 6) is -0.787. The van der Waals surface area contributed by atoms with Crippen molar-refractivity contribution < 1.29 is 37.0 Å². The number of thioether (sulfide) groups is 1. The molecule has 37 heavy (non-hydrogen) atoms. The third kappa shape index (κ3) is 6.43. The molecule has 3 aromatic rings. The molecule has 0 radical (unpaired) electrons. The zero-order valence-corrected chi connectivity index (χ0v) is 20.8. The van der Waals surface area contributed by atoms with Gasteiger partial charge in [0, 0.05) is 10.6 Å². The topological polar surface area (TPSA) is 90.0 Å². The molecule has 194 valence electrons. The monoisotopic (exact) mass is 550 g/mol. The van der Waals surface area contributed by atoms with Crippen molar-refractivity contribution in [1.29, 1.82) is 0 Å². The van der Waals surface area contributed by atoms with Crippen LogP contribution in [0.1, 0.15) is 33.1 Å². The smallest absolute Gasteiger partial charge is 0.416 e. The lowest BCUT2D eigenvalue weighted by atomic mass is 9.98. The third-order valence-electron chi connectivity index (χ3n) is 5.96. The van der Waals surface area contributed by atoms with Gasteiger partial charge in [-0.2, -0.15) is 13.2 Å². The van der Waals surface area contributed by atoms with Crippen molar-refractivity contribution in [3.05, 3.63) is 81.8 Å². The van der Waals surface area contributed by atoms with E-state index in [1.807, 2.05) is 12.1 Å². The van der Waals surface area contributed by atoms with Gasteiger partial charge in [-0.05, 0) is 35.7 Å². The quantitative estimate of drug-likeness (QED) is 0.287. The fourth-order valence-corrected chi connectivity index (χ4v) is 5.56. The lowest BCUT2D eigenvalue weighted by Crippen LogP contribution is -2.35. The zero-order valence-electron chi connectivity index (χ0n) is 19.1. The average Bonchev–Trinajstić information content (AvgIpc) is 3.44. The number of hydrogen-bond donors (Lipinski definition) is 1. The van der Waals surface area contributed by atoms with E-state index < -0.39 is 23.6 Å². The number of fused-ring (bicyclic) bond motifs is 1. The largest absolute Gasteiger partial charge is 0.493 e. The van der Waals surface area contributed by atoms with Crippen molar-refractivity contribution in [2.75, 3.05) is 13.2 Å². The Morgan fingerprint density at radius 2 is 1.97 bits per heavy atom. The van der Waals surface area contributed by atoms with Gasteiger partial charge in [-0.1, -0.05) is 42.1 Å². The van der Waals surface area contributed by atoms with Gasteiger partial charge in [-0.15, -0.1) is 11.3 Å². The number of amides is 1. The van der Waals surface area contributed by atoms with Gasteiger partial charge in [0.25, 0.3) is 5.24 Å². The molecular formula is C25H21F3N2O5S2. The Bertz CT molecular complexity index is 1250. The molecule has 1 N–H and O–H groups in total. The summed E-state index contributed by atoms with van der Waals surface area (Å²) < 4.78 is 56.5. The highest BCUT2D eigenvalue weighted by molar-refractivity contribution is 8.14. The van der Waals surface area contributed by atoms with Gasteiger partial charge in [0.2, 0.25) is 0 Å². The van der Waals surface area contributed by atoms with E-state index >= 15 is 0 Å². The van der Waals surface area contributed by atoms with Crippen molar-refractivity contribution in [2.24, 2.45) is 0 Å². The van der Waals surface area contributed by atoms with Crippen LogP contribution < -0.4 is 10.1 Å². The minimum Gasteiger partial charge on any atom is -0.493 e. The zero-order chi connectivity index (χ0) is 26.0. The Labute approximate surface area is 218 Å². The minimum atomic E-state index is -4.50. The second kappa shape index (κ2) is 10.7. The summed E-state index contributed by atoms with van der Waals surface area (Å²) in [5, 5.41) is 4.21. The molecule has 3 heterocycles. The number of hydrogen-bond acceptors (Lipinski definition) is 8. The van der Waals surface area contributed by atoms with Crippen molar-refractivity contribution in [3.63, 3.8) is 0 Å². The molecule has 7 nitrogen and oxygen atoms in total. The summed E-state index contributed by atoms with van der Waals surface area (Å²) >= 11 is 2.46. The summed E-state index contributed by atoms with van der Waals surface area (Å²) in [5.41, 5.74) is 2.18. The molecule has 2 aliphatic heterocycles. The number of epoxide rings is 1. The molecule has 5 rings (SSSR count). The SMILES string of the molecule is O=C1NC2OC2C(Cc2ccc(OCC(COC(=O)c3cscn3)c3cccc(C(F)(F)F)c3)cc2)S1. The molecule has 12 heteroatoms. The van der Waals surface area contributed by atoms with E-state index in [1.54, 1.807) is 18.2 Å². The number of carbonyl (C=O) groups excluding carboxylic acids is 2. The predicted octanol–water partition coefficient (Wildman–Crippen LogP) is 5.27. The van der Waals surface area contributed by atoms with Crippen LogP contribution in [0.3, 0.4) is 0 Å². The third-order valence-corrected chi connectivity index (χ3v) is 7.62. The molecule has 0 spiro atoms. The average molecular weight is 551 g/mol. The molecule has 2 aliphatic rings. The maximum absolute atomic E-state index is 13.3. The fraction of sp³-hybridized carbons (Fsp3) is 0.320. The molecule has 0 bridgehead atoms. The summed E-state index contributed by atoms with van der Waals surface area (Å²) in [6.45, 7) is -0.194. The van der Waals surface area contributed by atoms with E-state index in [0.717, 1.165) is 17.7 Å². The van der Waals surface area contributed by atoms with Gasteiger partial charge in [0.1, 0.15) is 18.5 Å². The molecule has 1 aromatic heterocycles. The highest BCUT2D eigenvalue weighted by Gasteiger charge is 2.50. The molecule has 2 saturated heterocycles. The maximum atomic E-state index is 13.3. The number of aromatic nitrogens is 1. The van der Waals surface area contributed by atoms with E-state index in [-0.39, 0.29) is 41.7 Å². The van der Waals surface area contributed by atoms with Crippen LogP contribution in [0.2, 0.25) is 0 Å². The predicted molar refractivity (Wildman–Crippen MR) is 131 cm³/mol. The highest BCUT2D eigenvalue weighted by Crippen LogP contribution is 2.38. The lowest BCUT2D eigenvalue weighted by Gasteiger charge is -2.20. The number of alkyl halides is 3. The van der Waals surface area contributed by atoms with Crippen LogP contribution in [0.15, 0.2) is 59.4 Å². The number of carbonyl (C=O) groups is 2. The summed E-state index contributed by atoms with van der Waals surface area (Å²) in [6.07, 6.45) is -4.03. The van der Waals surface area contributed by atoms with Crippen LogP contribution in [0.25, 0.3) is 0 Å². The normalized spacial score (nSPS) is 21.5. The van der Waals surface area contributed by atoms with Crippen LogP contribution in [-0.4, -0.2) is 47.0 Å². The Morgan fingerprint density at radius 3 is 2.70 bits per heavy atom. The first-order valence-corrected chi connectivity index (χ1v) is 13.2. The number of nitrogens with one attached hydrogen (secondary N) is 1. The molecule has 4 atom stereocenters. The van der Waals surface area contributed by atoms with Crippen molar-refractivity contribution >= 4 is 34.3 Å². The van der Waals surface area contributed by atoms with Gasteiger partial charge in [-0.25, -0.2) is 9.78 Å². The number of thiazole rings is 1. The van der Waals surface area contributed by atoms with Gasteiger partial charge >= 0.3 is 12.1 Å². The van der Waals surface area contributed by atoms with Gasteiger partial charge in [0.15, 0.2) is 11.9 Å². The highest BCUT2D eigenvalue weighted by atomic mass is 32.2. The van der Waals surface area contributed by atoms with E-state index in [4.69, 9.17) is 14.2 Å². The standard InChI is InChI=1S/C25H21F3N2O5S2/c26-25(27,28)17-3-1-2-15(9-17)16(11-34-23(31)19-12-36-13-29-19)10-33-18-6-4-14(5-7-18)8-20-21-22(35-21)30-24(32)37-20/h1-7,9,12-13,16,20-22H,8,10-11H2,(H,30,32). The Morgan fingerprint density at radius 1 is 1.16 bits per heavy atom. The van der Waals surface area contributed by atoms with Crippen LogP contribution in [0.4, 0.5) is 18.0 Å². The Kier molecular flexibility index (Phi) is 7.40. The van der Waals surface area contributed by atoms with E-state index in [0.29, 0.717) is 17.7 Å². The number of benzene rings is 2. The molecule has 2 aromatic carbocycles. The molecular weight excluding hydrogens is 529 g/mol. The lowest BCUT2D eigenvalue weighted by molar-refractivity contribution is -0.137. The first-order chi connectivity index (χ1) is 17.8. The van der Waals surface area contributed by atoms with Crippen LogP contribution >= 0.6 is 23.1 Å². The van der Waals surface area contributed by atoms with Crippen molar-refractivity contribution in [3.8, 4) is 5.75 Å². The second-order valence-electron chi connectivity index (χ2n) is 8.56. The first-order valence-electron chi connectivity index (χ1n) is 11.3.